The number of aromatic amines is 1. The quantitative estimate of drug-likeness (QED) is 0.590. The Balaban J connectivity index is 2.14. The molecule has 0 aliphatic heterocycles. The van der Waals surface area contributed by atoms with Gasteiger partial charge in [-0.1, -0.05) is 24.8 Å². The van der Waals surface area contributed by atoms with Gasteiger partial charge in [-0.05, 0) is 17.7 Å². The second-order valence-electron chi connectivity index (χ2n) is 5.18. The van der Waals surface area contributed by atoms with Gasteiger partial charge in [0.2, 0.25) is 5.95 Å². The third-order valence-corrected chi connectivity index (χ3v) is 3.21. The highest BCUT2D eigenvalue weighted by molar-refractivity contribution is 5.73. The highest BCUT2D eigenvalue weighted by Gasteiger charge is 2.11. The summed E-state index contributed by atoms with van der Waals surface area (Å²) in [7, 11) is 3.68. The Bertz CT molecular complexity index is 933. The highest BCUT2D eigenvalue weighted by atomic mass is 16.1. The lowest BCUT2D eigenvalue weighted by Crippen LogP contribution is -2.10. The normalized spacial score (nSPS) is 11.2. The summed E-state index contributed by atoms with van der Waals surface area (Å²) in [6.07, 6.45) is 4.92. The number of hydrogen-bond acceptors (Lipinski definition) is 4. The number of fused-ring (bicyclic) bond motifs is 1. The van der Waals surface area contributed by atoms with Crippen LogP contribution in [0.15, 0.2) is 47.0 Å². The van der Waals surface area contributed by atoms with E-state index in [9.17, 15) is 4.79 Å². The molecular weight excluding hydrogens is 292 g/mol. The van der Waals surface area contributed by atoms with Crippen molar-refractivity contribution >= 4 is 29.5 Å². The minimum absolute atomic E-state index is 0.237. The van der Waals surface area contributed by atoms with Crippen LogP contribution in [0.4, 0.5) is 5.95 Å². The van der Waals surface area contributed by atoms with Crippen molar-refractivity contribution in [1.82, 2.24) is 24.4 Å². The summed E-state index contributed by atoms with van der Waals surface area (Å²) in [4.78, 5) is 29.2. The predicted molar refractivity (Wildman–Crippen MR) is 91.4 cm³/mol. The van der Waals surface area contributed by atoms with Crippen LogP contribution in [0, 0.1) is 0 Å². The Hall–Kier alpha value is -3.22. The van der Waals surface area contributed by atoms with E-state index >= 15 is 0 Å². The zero-order valence-corrected chi connectivity index (χ0v) is 12.9. The summed E-state index contributed by atoms with van der Waals surface area (Å²) in [6, 6.07) is 7.71. The number of nitrogens with zero attached hydrogens (tertiary/aromatic N) is 5. The summed E-state index contributed by atoms with van der Waals surface area (Å²) >= 11 is 0. The summed E-state index contributed by atoms with van der Waals surface area (Å²) in [6.45, 7) is 3.73. The van der Waals surface area contributed by atoms with E-state index < -0.39 is 0 Å². The van der Waals surface area contributed by atoms with E-state index in [0.29, 0.717) is 5.65 Å². The molecule has 3 rings (SSSR count). The van der Waals surface area contributed by atoms with E-state index in [0.717, 1.165) is 11.3 Å². The molecule has 0 spiro atoms. The van der Waals surface area contributed by atoms with E-state index in [1.54, 1.807) is 28.2 Å². The molecule has 0 unspecified atom stereocenters. The van der Waals surface area contributed by atoms with Crippen LogP contribution >= 0.6 is 0 Å². The van der Waals surface area contributed by atoms with Gasteiger partial charge in [0.15, 0.2) is 11.2 Å². The van der Waals surface area contributed by atoms with Crippen LogP contribution in [0.1, 0.15) is 5.56 Å². The van der Waals surface area contributed by atoms with Gasteiger partial charge in [0.05, 0.1) is 6.34 Å². The molecule has 0 bridgehead atoms. The van der Waals surface area contributed by atoms with Crippen LogP contribution in [-0.4, -0.2) is 44.9 Å². The monoisotopic (exact) mass is 308 g/mol. The van der Waals surface area contributed by atoms with Gasteiger partial charge < -0.3 is 4.90 Å². The molecule has 116 valence electrons. The van der Waals surface area contributed by atoms with Gasteiger partial charge in [-0.15, -0.1) is 0 Å². The van der Waals surface area contributed by atoms with Gasteiger partial charge in [-0.3, -0.25) is 14.3 Å². The molecule has 0 radical (unpaired) electrons. The fourth-order valence-electron chi connectivity index (χ4n) is 2.09. The highest BCUT2D eigenvalue weighted by Crippen LogP contribution is 2.16. The van der Waals surface area contributed by atoms with Crippen molar-refractivity contribution in [2.24, 2.45) is 4.99 Å². The van der Waals surface area contributed by atoms with Crippen molar-refractivity contribution < 1.29 is 0 Å². The predicted octanol–water partition coefficient (Wildman–Crippen LogP) is 1.97. The zero-order valence-electron chi connectivity index (χ0n) is 12.9. The summed E-state index contributed by atoms with van der Waals surface area (Å²) in [5, 5.41) is 0. The molecule has 23 heavy (non-hydrogen) atoms. The van der Waals surface area contributed by atoms with Gasteiger partial charge in [0.1, 0.15) is 6.33 Å². The number of rotatable bonds is 4. The Morgan fingerprint density at radius 2 is 2.04 bits per heavy atom. The molecule has 2 aromatic heterocycles. The lowest BCUT2D eigenvalue weighted by atomic mass is 10.2. The smallest absolute Gasteiger partial charge is 0.280 e. The van der Waals surface area contributed by atoms with Crippen LogP contribution in [0.2, 0.25) is 0 Å². The number of imidazole rings is 1. The molecule has 0 saturated heterocycles. The van der Waals surface area contributed by atoms with Crippen LogP contribution in [0.5, 0.6) is 0 Å². The van der Waals surface area contributed by atoms with E-state index in [1.807, 2.05) is 38.4 Å². The van der Waals surface area contributed by atoms with Gasteiger partial charge in [-0.25, -0.2) is 9.98 Å². The summed E-state index contributed by atoms with van der Waals surface area (Å²) in [5.41, 5.74) is 2.30. The van der Waals surface area contributed by atoms with Gasteiger partial charge in [-0.2, -0.15) is 4.98 Å². The van der Waals surface area contributed by atoms with E-state index in [2.05, 4.69) is 26.5 Å². The van der Waals surface area contributed by atoms with Crippen LogP contribution in [-0.2, 0) is 0 Å². The lowest BCUT2D eigenvalue weighted by molar-refractivity contribution is 0.642. The molecule has 2 heterocycles. The third kappa shape index (κ3) is 2.89. The molecule has 1 aromatic carbocycles. The van der Waals surface area contributed by atoms with Gasteiger partial charge in [0, 0.05) is 19.8 Å². The maximum Gasteiger partial charge on any atom is 0.280 e. The number of nitrogens with one attached hydrogen (secondary N) is 1. The summed E-state index contributed by atoms with van der Waals surface area (Å²) < 4.78 is 1.76. The molecule has 0 atom stereocenters. The van der Waals surface area contributed by atoms with E-state index in [4.69, 9.17) is 0 Å². The zero-order chi connectivity index (χ0) is 16.4. The Labute approximate surface area is 132 Å². The van der Waals surface area contributed by atoms with Crippen molar-refractivity contribution in [3.05, 3.63) is 53.1 Å². The average molecular weight is 308 g/mol. The number of aliphatic imine (C=N–C) groups is 1. The summed E-state index contributed by atoms with van der Waals surface area (Å²) in [5.74, 6) is 0.237. The number of hydrogen-bond donors (Lipinski definition) is 1. The molecular formula is C16H16N6O. The Morgan fingerprint density at radius 1 is 1.30 bits per heavy atom. The van der Waals surface area contributed by atoms with Crippen molar-refractivity contribution in [1.29, 1.82) is 0 Å². The van der Waals surface area contributed by atoms with Crippen LogP contribution < -0.4 is 5.56 Å². The average Bonchev–Trinajstić information content (AvgIpc) is 2.97. The fourth-order valence-corrected chi connectivity index (χ4v) is 2.09. The number of benzene rings is 1. The molecule has 0 amide bonds. The third-order valence-electron chi connectivity index (χ3n) is 3.21. The topological polar surface area (TPSA) is 79.2 Å². The molecule has 7 nitrogen and oxygen atoms in total. The van der Waals surface area contributed by atoms with E-state index in [1.165, 1.54) is 0 Å². The lowest BCUT2D eigenvalue weighted by Gasteiger charge is -2.05. The molecule has 0 saturated carbocycles. The molecule has 0 fully saturated rings. The number of aromatic nitrogens is 4. The SMILES string of the molecule is C=Cc1ccc(-n2cnc3c(=O)[nH]c(/N=C/N(C)C)nc32)cc1. The minimum atomic E-state index is -0.317. The molecule has 0 aliphatic rings. The molecule has 0 aliphatic carbocycles. The van der Waals surface area contributed by atoms with Crippen LogP contribution in [0.3, 0.4) is 0 Å². The standard InChI is InChI=1S/C16H16N6O/c1-4-11-5-7-12(8-6-11)22-10-17-13-14(22)19-16(20-15(13)23)18-9-21(2)3/h4-10H,1H2,2-3H3,(H,19,20,23)/b18-9+. The van der Waals surface area contributed by atoms with Gasteiger partial charge in [0.25, 0.3) is 5.56 Å². The largest absolute Gasteiger partial charge is 0.369 e. The first-order valence-corrected chi connectivity index (χ1v) is 6.99. The first-order valence-electron chi connectivity index (χ1n) is 6.99. The molecule has 1 N–H and O–H groups in total. The van der Waals surface area contributed by atoms with Crippen molar-refractivity contribution in [3.63, 3.8) is 0 Å². The fraction of sp³-hybridized carbons (Fsp3) is 0.125. The van der Waals surface area contributed by atoms with Crippen molar-refractivity contribution in [2.45, 2.75) is 0 Å². The van der Waals surface area contributed by atoms with Crippen molar-refractivity contribution in [3.8, 4) is 5.69 Å². The molecule has 3 aromatic rings. The Kier molecular flexibility index (Phi) is 3.76. The maximum absolute atomic E-state index is 12.1. The first-order chi connectivity index (χ1) is 11.1. The van der Waals surface area contributed by atoms with Crippen LogP contribution in [0.25, 0.3) is 22.9 Å². The minimum Gasteiger partial charge on any atom is -0.369 e. The van der Waals surface area contributed by atoms with E-state index in [-0.39, 0.29) is 17.0 Å². The van der Waals surface area contributed by atoms with Crippen molar-refractivity contribution in [2.75, 3.05) is 14.1 Å². The first kappa shape index (κ1) is 14.7. The second kappa shape index (κ2) is 5.88. The molecule has 7 heteroatoms. The Morgan fingerprint density at radius 3 is 2.70 bits per heavy atom. The second-order valence-corrected chi connectivity index (χ2v) is 5.18. The number of H-pyrrole nitrogens is 1. The van der Waals surface area contributed by atoms with Gasteiger partial charge >= 0.3 is 0 Å². The maximum atomic E-state index is 12.1.